The SMILES string of the molecule is CCN1CCC(N(C)c2nc(C(C)NC)cs2)CC1. The molecule has 1 fully saturated rings. The number of thiazole rings is 1. The van der Waals surface area contributed by atoms with Crippen LogP contribution in [0, 0.1) is 0 Å². The van der Waals surface area contributed by atoms with Gasteiger partial charge < -0.3 is 15.1 Å². The summed E-state index contributed by atoms with van der Waals surface area (Å²) in [5, 5.41) is 6.58. The van der Waals surface area contributed by atoms with Crippen molar-refractivity contribution in [2.75, 3.05) is 38.6 Å². The maximum atomic E-state index is 4.76. The molecule has 108 valence electrons. The van der Waals surface area contributed by atoms with Gasteiger partial charge in [0.15, 0.2) is 5.13 Å². The van der Waals surface area contributed by atoms with E-state index in [9.17, 15) is 0 Å². The van der Waals surface area contributed by atoms with Crippen molar-refractivity contribution >= 4 is 16.5 Å². The third-order valence-corrected chi connectivity index (χ3v) is 5.19. The molecule has 2 rings (SSSR count). The van der Waals surface area contributed by atoms with E-state index in [1.807, 2.05) is 7.05 Å². The fourth-order valence-corrected chi connectivity index (χ4v) is 3.52. The number of likely N-dealkylation sites (tertiary alicyclic amines) is 1. The standard InChI is InChI=1S/C14H26N4S/c1-5-18-8-6-12(7-9-18)17(4)14-16-13(10-19-14)11(2)15-3/h10-12,15H,5-9H2,1-4H3. The minimum atomic E-state index is 0.334. The molecule has 0 spiro atoms. The summed E-state index contributed by atoms with van der Waals surface area (Å²) in [6.07, 6.45) is 2.50. The van der Waals surface area contributed by atoms with Crippen molar-refractivity contribution in [2.45, 2.75) is 38.8 Å². The van der Waals surface area contributed by atoms with E-state index < -0.39 is 0 Å². The van der Waals surface area contributed by atoms with Crippen molar-refractivity contribution in [1.29, 1.82) is 0 Å². The van der Waals surface area contributed by atoms with Gasteiger partial charge in [0.2, 0.25) is 0 Å². The van der Waals surface area contributed by atoms with Crippen LogP contribution >= 0.6 is 11.3 Å². The maximum Gasteiger partial charge on any atom is 0.185 e. The molecule has 0 radical (unpaired) electrons. The van der Waals surface area contributed by atoms with Gasteiger partial charge in [0, 0.05) is 37.6 Å². The van der Waals surface area contributed by atoms with Crippen molar-refractivity contribution in [3.63, 3.8) is 0 Å². The lowest BCUT2D eigenvalue weighted by Gasteiger charge is -2.36. The summed E-state index contributed by atoms with van der Waals surface area (Å²) in [5.74, 6) is 0. The maximum absolute atomic E-state index is 4.76. The Morgan fingerprint density at radius 3 is 2.79 bits per heavy atom. The zero-order valence-electron chi connectivity index (χ0n) is 12.5. The molecule has 0 aromatic carbocycles. The Morgan fingerprint density at radius 1 is 1.53 bits per heavy atom. The van der Waals surface area contributed by atoms with E-state index in [2.05, 4.69) is 41.4 Å². The average molecular weight is 282 g/mol. The molecule has 1 N–H and O–H groups in total. The molecule has 1 aromatic heterocycles. The molecular formula is C14H26N4S. The van der Waals surface area contributed by atoms with E-state index >= 15 is 0 Å². The van der Waals surface area contributed by atoms with Crippen LogP contribution < -0.4 is 10.2 Å². The molecular weight excluding hydrogens is 256 g/mol. The zero-order valence-corrected chi connectivity index (χ0v) is 13.3. The Morgan fingerprint density at radius 2 is 2.21 bits per heavy atom. The topological polar surface area (TPSA) is 31.4 Å². The molecule has 4 nitrogen and oxygen atoms in total. The molecule has 0 amide bonds. The summed E-state index contributed by atoms with van der Waals surface area (Å²) >= 11 is 1.76. The normalized spacial score (nSPS) is 19.6. The summed E-state index contributed by atoms with van der Waals surface area (Å²) in [6, 6.07) is 0.979. The summed E-state index contributed by atoms with van der Waals surface area (Å²) < 4.78 is 0. The lowest BCUT2D eigenvalue weighted by Crippen LogP contribution is -2.43. The Labute approximate surface area is 120 Å². The molecule has 19 heavy (non-hydrogen) atoms. The Bertz CT molecular complexity index is 385. The smallest absolute Gasteiger partial charge is 0.185 e. The highest BCUT2D eigenvalue weighted by Crippen LogP contribution is 2.27. The highest BCUT2D eigenvalue weighted by Gasteiger charge is 2.23. The van der Waals surface area contributed by atoms with Crippen LogP contribution in [-0.2, 0) is 0 Å². The fourth-order valence-electron chi connectivity index (χ4n) is 2.56. The Balaban J connectivity index is 1.96. The van der Waals surface area contributed by atoms with Gasteiger partial charge in [-0.25, -0.2) is 4.98 Å². The molecule has 1 saturated heterocycles. The predicted molar refractivity (Wildman–Crippen MR) is 83.1 cm³/mol. The van der Waals surface area contributed by atoms with Gasteiger partial charge in [-0.05, 0) is 33.4 Å². The van der Waals surface area contributed by atoms with E-state index in [1.165, 1.54) is 32.5 Å². The van der Waals surface area contributed by atoms with Gasteiger partial charge in [-0.3, -0.25) is 0 Å². The summed E-state index contributed by atoms with van der Waals surface area (Å²) in [7, 11) is 4.17. The van der Waals surface area contributed by atoms with E-state index in [0.717, 1.165) is 10.8 Å². The van der Waals surface area contributed by atoms with Crippen molar-refractivity contribution in [3.05, 3.63) is 11.1 Å². The lowest BCUT2D eigenvalue weighted by atomic mass is 10.0. The van der Waals surface area contributed by atoms with Crippen molar-refractivity contribution in [2.24, 2.45) is 0 Å². The fraction of sp³-hybridized carbons (Fsp3) is 0.786. The van der Waals surface area contributed by atoms with Crippen LogP contribution in [-0.4, -0.2) is 49.7 Å². The third-order valence-electron chi connectivity index (χ3n) is 4.24. The summed E-state index contributed by atoms with van der Waals surface area (Å²) in [4.78, 5) is 9.67. The van der Waals surface area contributed by atoms with Crippen molar-refractivity contribution in [3.8, 4) is 0 Å². The van der Waals surface area contributed by atoms with Crippen LogP contribution in [0.15, 0.2) is 5.38 Å². The van der Waals surface area contributed by atoms with E-state index in [4.69, 9.17) is 4.98 Å². The number of piperidine rings is 1. The highest BCUT2D eigenvalue weighted by molar-refractivity contribution is 7.13. The first-order valence-corrected chi connectivity index (χ1v) is 8.11. The number of nitrogens with one attached hydrogen (secondary N) is 1. The minimum Gasteiger partial charge on any atom is -0.348 e. The van der Waals surface area contributed by atoms with Gasteiger partial charge >= 0.3 is 0 Å². The number of anilines is 1. The second-order valence-electron chi connectivity index (χ2n) is 5.34. The number of aromatic nitrogens is 1. The molecule has 1 atom stereocenters. The number of hydrogen-bond acceptors (Lipinski definition) is 5. The van der Waals surface area contributed by atoms with Crippen LogP contribution in [0.25, 0.3) is 0 Å². The quantitative estimate of drug-likeness (QED) is 0.898. The molecule has 1 aromatic rings. The van der Waals surface area contributed by atoms with Gasteiger partial charge in [-0.15, -0.1) is 11.3 Å². The van der Waals surface area contributed by atoms with E-state index in [1.54, 1.807) is 11.3 Å². The first kappa shape index (κ1) is 14.8. The second kappa shape index (κ2) is 6.68. The van der Waals surface area contributed by atoms with Gasteiger partial charge in [0.25, 0.3) is 0 Å². The van der Waals surface area contributed by atoms with Gasteiger partial charge in [0.1, 0.15) is 0 Å². The van der Waals surface area contributed by atoms with Gasteiger partial charge in [-0.1, -0.05) is 6.92 Å². The molecule has 5 heteroatoms. The second-order valence-corrected chi connectivity index (χ2v) is 6.18. The first-order chi connectivity index (χ1) is 9.15. The molecule has 1 aliphatic heterocycles. The van der Waals surface area contributed by atoms with Crippen LogP contribution in [0.3, 0.4) is 0 Å². The molecule has 1 aliphatic rings. The summed E-state index contributed by atoms with van der Waals surface area (Å²) in [6.45, 7) is 8.01. The van der Waals surface area contributed by atoms with Crippen molar-refractivity contribution < 1.29 is 0 Å². The summed E-state index contributed by atoms with van der Waals surface area (Å²) in [5.41, 5.74) is 1.15. The Hall–Kier alpha value is -0.650. The van der Waals surface area contributed by atoms with Gasteiger partial charge in [-0.2, -0.15) is 0 Å². The van der Waals surface area contributed by atoms with Crippen LogP contribution in [0.2, 0.25) is 0 Å². The van der Waals surface area contributed by atoms with E-state index in [0.29, 0.717) is 12.1 Å². The number of hydrogen-bond donors (Lipinski definition) is 1. The van der Waals surface area contributed by atoms with Crippen LogP contribution in [0.1, 0.15) is 38.4 Å². The largest absolute Gasteiger partial charge is 0.348 e. The first-order valence-electron chi connectivity index (χ1n) is 7.23. The molecule has 0 saturated carbocycles. The van der Waals surface area contributed by atoms with E-state index in [-0.39, 0.29) is 0 Å². The average Bonchev–Trinajstić information content (AvgIpc) is 2.95. The third kappa shape index (κ3) is 3.46. The highest BCUT2D eigenvalue weighted by atomic mass is 32.1. The minimum absolute atomic E-state index is 0.334. The molecule has 1 unspecified atom stereocenters. The lowest BCUT2D eigenvalue weighted by molar-refractivity contribution is 0.221. The van der Waals surface area contributed by atoms with Crippen molar-refractivity contribution in [1.82, 2.24) is 15.2 Å². The number of rotatable bonds is 5. The molecule has 0 bridgehead atoms. The van der Waals surface area contributed by atoms with Crippen LogP contribution in [0.5, 0.6) is 0 Å². The number of nitrogens with zero attached hydrogens (tertiary/aromatic N) is 3. The van der Waals surface area contributed by atoms with Crippen LogP contribution in [0.4, 0.5) is 5.13 Å². The molecule has 0 aliphatic carbocycles. The van der Waals surface area contributed by atoms with Gasteiger partial charge in [0.05, 0.1) is 5.69 Å². The Kier molecular flexibility index (Phi) is 5.19. The monoisotopic (exact) mass is 282 g/mol. The molecule has 2 heterocycles. The zero-order chi connectivity index (χ0) is 13.8. The predicted octanol–water partition coefficient (Wildman–Crippen LogP) is 2.34.